The van der Waals surface area contributed by atoms with Gasteiger partial charge in [-0.1, -0.05) is 17.7 Å². The first-order valence-electron chi connectivity index (χ1n) is 5.99. The standard InChI is InChI=1S/C13H12BrClN4/c14-12-8(15)2-1-3-9(12)17-11-6-10(16)18-13(19-11)7-4-5-7/h1-3,6-7H,4-5H2,(H3,16,17,18,19). The quantitative estimate of drug-likeness (QED) is 0.884. The van der Waals surface area contributed by atoms with Crippen molar-refractivity contribution in [2.75, 3.05) is 11.1 Å². The Hall–Kier alpha value is -1.33. The molecule has 19 heavy (non-hydrogen) atoms. The number of aromatic nitrogens is 2. The van der Waals surface area contributed by atoms with Crippen LogP contribution in [-0.2, 0) is 0 Å². The van der Waals surface area contributed by atoms with Gasteiger partial charge in [-0.05, 0) is 40.9 Å². The largest absolute Gasteiger partial charge is 0.384 e. The number of nitrogen functional groups attached to an aromatic ring is 1. The molecule has 1 aliphatic carbocycles. The van der Waals surface area contributed by atoms with E-state index in [1.54, 1.807) is 6.07 Å². The second-order valence-corrected chi connectivity index (χ2v) is 5.74. The van der Waals surface area contributed by atoms with E-state index in [2.05, 4.69) is 31.2 Å². The summed E-state index contributed by atoms with van der Waals surface area (Å²) >= 11 is 9.51. The molecule has 0 aliphatic heterocycles. The Balaban J connectivity index is 1.92. The van der Waals surface area contributed by atoms with Gasteiger partial charge >= 0.3 is 0 Å². The van der Waals surface area contributed by atoms with Crippen molar-refractivity contribution < 1.29 is 0 Å². The SMILES string of the molecule is Nc1cc(Nc2cccc(Cl)c2Br)nc(C2CC2)n1. The number of nitrogens with one attached hydrogen (secondary N) is 1. The van der Waals surface area contributed by atoms with E-state index in [1.807, 2.05) is 18.2 Å². The van der Waals surface area contributed by atoms with Crippen LogP contribution in [0.15, 0.2) is 28.7 Å². The molecule has 1 aromatic carbocycles. The first kappa shape index (κ1) is 12.7. The highest BCUT2D eigenvalue weighted by molar-refractivity contribution is 9.10. The number of anilines is 3. The van der Waals surface area contributed by atoms with Crippen LogP contribution in [0.2, 0.25) is 5.02 Å². The number of hydrogen-bond donors (Lipinski definition) is 2. The van der Waals surface area contributed by atoms with Gasteiger partial charge in [0.1, 0.15) is 17.5 Å². The van der Waals surface area contributed by atoms with Gasteiger partial charge in [-0.25, -0.2) is 9.97 Å². The zero-order valence-electron chi connectivity index (χ0n) is 10.0. The number of halogens is 2. The summed E-state index contributed by atoms with van der Waals surface area (Å²) in [5.41, 5.74) is 6.67. The minimum atomic E-state index is 0.465. The molecule has 0 bridgehead atoms. The Bertz CT molecular complexity index is 628. The van der Waals surface area contributed by atoms with Gasteiger partial charge in [-0.2, -0.15) is 0 Å². The fourth-order valence-corrected chi connectivity index (χ4v) is 2.35. The van der Waals surface area contributed by atoms with Gasteiger partial charge in [0, 0.05) is 12.0 Å². The molecule has 0 amide bonds. The van der Waals surface area contributed by atoms with E-state index in [1.165, 1.54) is 0 Å². The summed E-state index contributed by atoms with van der Waals surface area (Å²) < 4.78 is 0.807. The topological polar surface area (TPSA) is 63.8 Å². The molecule has 6 heteroatoms. The van der Waals surface area contributed by atoms with Crippen LogP contribution < -0.4 is 11.1 Å². The summed E-state index contributed by atoms with van der Waals surface area (Å²) in [4.78, 5) is 8.76. The maximum absolute atomic E-state index is 6.06. The number of hydrogen-bond acceptors (Lipinski definition) is 4. The third kappa shape index (κ3) is 2.82. The zero-order valence-corrected chi connectivity index (χ0v) is 12.4. The van der Waals surface area contributed by atoms with Crippen LogP contribution in [0.1, 0.15) is 24.6 Å². The molecule has 3 rings (SSSR count). The smallest absolute Gasteiger partial charge is 0.136 e. The van der Waals surface area contributed by atoms with E-state index in [0.717, 1.165) is 28.8 Å². The summed E-state index contributed by atoms with van der Waals surface area (Å²) in [6.45, 7) is 0. The molecule has 1 aliphatic rings. The fraction of sp³-hybridized carbons (Fsp3) is 0.231. The second-order valence-electron chi connectivity index (χ2n) is 4.54. The van der Waals surface area contributed by atoms with E-state index >= 15 is 0 Å². The van der Waals surface area contributed by atoms with Crippen molar-refractivity contribution in [1.29, 1.82) is 0 Å². The number of nitrogens with two attached hydrogens (primary N) is 1. The molecule has 1 aromatic heterocycles. The molecule has 4 nitrogen and oxygen atoms in total. The highest BCUT2D eigenvalue weighted by Gasteiger charge is 2.27. The van der Waals surface area contributed by atoms with Crippen LogP contribution >= 0.6 is 27.5 Å². The van der Waals surface area contributed by atoms with E-state index < -0.39 is 0 Å². The van der Waals surface area contributed by atoms with Crippen molar-refractivity contribution in [3.63, 3.8) is 0 Å². The van der Waals surface area contributed by atoms with Gasteiger partial charge < -0.3 is 11.1 Å². The lowest BCUT2D eigenvalue weighted by Gasteiger charge is -2.10. The van der Waals surface area contributed by atoms with Crippen molar-refractivity contribution >= 4 is 44.9 Å². The Labute approximate surface area is 124 Å². The fourth-order valence-electron chi connectivity index (χ4n) is 1.81. The van der Waals surface area contributed by atoms with Gasteiger partial charge in [0.25, 0.3) is 0 Å². The molecule has 1 saturated carbocycles. The molecular formula is C13H12BrClN4. The number of nitrogens with zero attached hydrogens (tertiary/aromatic N) is 2. The molecule has 0 atom stereocenters. The molecule has 0 radical (unpaired) electrons. The molecule has 0 saturated heterocycles. The van der Waals surface area contributed by atoms with E-state index in [0.29, 0.717) is 22.6 Å². The van der Waals surface area contributed by atoms with Crippen molar-refractivity contribution in [2.45, 2.75) is 18.8 Å². The Morgan fingerprint density at radius 2 is 2.11 bits per heavy atom. The maximum atomic E-state index is 6.06. The van der Waals surface area contributed by atoms with Gasteiger partial charge in [0.15, 0.2) is 0 Å². The molecule has 0 unspecified atom stereocenters. The van der Waals surface area contributed by atoms with Crippen molar-refractivity contribution in [3.05, 3.63) is 39.6 Å². The average molecular weight is 340 g/mol. The molecular weight excluding hydrogens is 328 g/mol. The van der Waals surface area contributed by atoms with Gasteiger partial charge in [-0.15, -0.1) is 0 Å². The normalized spacial score (nSPS) is 14.4. The first-order valence-corrected chi connectivity index (χ1v) is 7.16. The van der Waals surface area contributed by atoms with Crippen LogP contribution in [0.25, 0.3) is 0 Å². The van der Waals surface area contributed by atoms with Crippen LogP contribution in [-0.4, -0.2) is 9.97 Å². The number of rotatable bonds is 3. The lowest BCUT2D eigenvalue weighted by molar-refractivity contribution is 0.936. The first-order chi connectivity index (χ1) is 9.13. The number of benzene rings is 1. The average Bonchev–Trinajstić information content (AvgIpc) is 3.18. The minimum Gasteiger partial charge on any atom is -0.384 e. The molecule has 3 N–H and O–H groups in total. The van der Waals surface area contributed by atoms with Crippen molar-refractivity contribution in [1.82, 2.24) is 9.97 Å². The Morgan fingerprint density at radius 3 is 2.84 bits per heavy atom. The summed E-state index contributed by atoms with van der Waals surface area (Å²) in [7, 11) is 0. The molecule has 1 heterocycles. The second kappa shape index (κ2) is 4.98. The zero-order chi connectivity index (χ0) is 13.4. The summed E-state index contributed by atoms with van der Waals surface area (Å²) in [5, 5.41) is 3.86. The monoisotopic (exact) mass is 338 g/mol. The highest BCUT2D eigenvalue weighted by atomic mass is 79.9. The van der Waals surface area contributed by atoms with Crippen LogP contribution in [0.3, 0.4) is 0 Å². The van der Waals surface area contributed by atoms with E-state index in [4.69, 9.17) is 17.3 Å². The molecule has 2 aromatic rings. The van der Waals surface area contributed by atoms with Gasteiger partial charge in [0.05, 0.1) is 15.2 Å². The predicted octanol–water partition coefficient (Wildman–Crippen LogP) is 4.10. The lowest BCUT2D eigenvalue weighted by atomic mass is 10.3. The highest BCUT2D eigenvalue weighted by Crippen LogP contribution is 2.39. The minimum absolute atomic E-state index is 0.465. The van der Waals surface area contributed by atoms with Crippen LogP contribution in [0, 0.1) is 0 Å². The maximum Gasteiger partial charge on any atom is 0.136 e. The third-order valence-electron chi connectivity index (χ3n) is 2.92. The summed E-state index contributed by atoms with van der Waals surface area (Å²) in [5.74, 6) is 2.46. The van der Waals surface area contributed by atoms with Crippen molar-refractivity contribution in [3.8, 4) is 0 Å². The van der Waals surface area contributed by atoms with E-state index in [-0.39, 0.29) is 0 Å². The van der Waals surface area contributed by atoms with Crippen LogP contribution in [0.5, 0.6) is 0 Å². The summed E-state index contributed by atoms with van der Waals surface area (Å²) in [6, 6.07) is 7.34. The van der Waals surface area contributed by atoms with Gasteiger partial charge in [-0.3, -0.25) is 0 Å². The van der Waals surface area contributed by atoms with Crippen LogP contribution in [0.4, 0.5) is 17.3 Å². The third-order valence-corrected chi connectivity index (χ3v) is 4.32. The van der Waals surface area contributed by atoms with Gasteiger partial charge in [0.2, 0.25) is 0 Å². The lowest BCUT2D eigenvalue weighted by Crippen LogP contribution is -2.03. The Kier molecular flexibility index (Phi) is 3.33. The summed E-state index contributed by atoms with van der Waals surface area (Å²) in [6.07, 6.45) is 2.29. The van der Waals surface area contributed by atoms with E-state index in [9.17, 15) is 0 Å². The predicted molar refractivity (Wildman–Crippen MR) is 80.9 cm³/mol. The molecule has 0 spiro atoms. The Morgan fingerprint density at radius 1 is 1.32 bits per heavy atom. The van der Waals surface area contributed by atoms with Crippen molar-refractivity contribution in [2.24, 2.45) is 0 Å². The molecule has 98 valence electrons. The molecule has 1 fully saturated rings.